The minimum atomic E-state index is -1.53. The Balaban J connectivity index is 1.33. The Kier molecular flexibility index (Phi) is 9.43. The Morgan fingerprint density at radius 1 is 0.897 bits per heavy atom. The average Bonchev–Trinajstić information content (AvgIpc) is 2.74. The molecule has 0 bridgehead atoms. The molecule has 1 aliphatic heterocycles. The highest BCUT2D eigenvalue weighted by Gasteiger charge is 2.36. The van der Waals surface area contributed by atoms with Crippen LogP contribution in [0.15, 0.2) is 12.2 Å². The number of allylic oxidation sites excluding steroid dienone is 1. The van der Waals surface area contributed by atoms with E-state index in [2.05, 4.69) is 13.8 Å². The van der Waals surface area contributed by atoms with E-state index in [1.807, 2.05) is 0 Å². The SMILES string of the molecule is CCCC(C)C1CCC(C2OCC(C3CCC(CCC=C(F)F)CC3)CO2)CC1. The van der Waals surface area contributed by atoms with Gasteiger partial charge in [-0.15, -0.1) is 0 Å². The standard InChI is InChI=1S/C25H42F2O2/c1-3-5-18(2)20-12-14-22(15-13-20)25-28-16-23(17-29-25)21-10-8-19(9-11-21)6-4-7-24(26)27/h7,18-23,25H,3-6,8-17H2,1-2H3. The number of hydrogen-bond acceptors (Lipinski definition) is 2. The maximum atomic E-state index is 12.2. The Hall–Kier alpha value is -0.480. The minimum Gasteiger partial charge on any atom is -0.352 e. The third kappa shape index (κ3) is 7.02. The Labute approximate surface area is 176 Å². The first kappa shape index (κ1) is 23.2. The zero-order valence-electron chi connectivity index (χ0n) is 18.6. The molecule has 3 rings (SSSR count). The van der Waals surface area contributed by atoms with Gasteiger partial charge in [-0.2, -0.15) is 8.78 Å². The molecule has 3 fully saturated rings. The van der Waals surface area contributed by atoms with Crippen LogP contribution < -0.4 is 0 Å². The van der Waals surface area contributed by atoms with Gasteiger partial charge < -0.3 is 9.47 Å². The van der Waals surface area contributed by atoms with Crippen LogP contribution in [0.2, 0.25) is 0 Å². The molecule has 0 radical (unpaired) electrons. The summed E-state index contributed by atoms with van der Waals surface area (Å²) in [7, 11) is 0. The third-order valence-electron chi connectivity index (χ3n) is 8.13. The fraction of sp³-hybridized carbons (Fsp3) is 0.920. The smallest absolute Gasteiger partial charge is 0.266 e. The molecule has 0 aromatic heterocycles. The highest BCUT2D eigenvalue weighted by atomic mass is 19.3. The molecule has 1 heterocycles. The third-order valence-corrected chi connectivity index (χ3v) is 8.13. The van der Waals surface area contributed by atoms with E-state index in [4.69, 9.17) is 9.47 Å². The molecule has 2 aliphatic carbocycles. The van der Waals surface area contributed by atoms with Crippen molar-refractivity contribution in [2.75, 3.05) is 13.2 Å². The summed E-state index contributed by atoms with van der Waals surface area (Å²) in [6.45, 7) is 6.42. The van der Waals surface area contributed by atoms with E-state index in [-0.39, 0.29) is 6.29 Å². The van der Waals surface area contributed by atoms with Crippen molar-refractivity contribution < 1.29 is 18.3 Å². The molecule has 2 nitrogen and oxygen atoms in total. The highest BCUT2D eigenvalue weighted by Crippen LogP contribution is 2.41. The van der Waals surface area contributed by atoms with Gasteiger partial charge in [-0.05, 0) is 81.1 Å². The van der Waals surface area contributed by atoms with Gasteiger partial charge in [-0.1, -0.05) is 39.5 Å². The van der Waals surface area contributed by atoms with E-state index >= 15 is 0 Å². The number of ether oxygens (including phenoxy) is 2. The van der Waals surface area contributed by atoms with Crippen LogP contribution in [0.4, 0.5) is 8.78 Å². The summed E-state index contributed by atoms with van der Waals surface area (Å²) in [6.07, 6.45) is 13.6. The Bertz CT molecular complexity index is 481. The van der Waals surface area contributed by atoms with Gasteiger partial charge in [0, 0.05) is 11.8 Å². The second-order valence-corrected chi connectivity index (χ2v) is 10.1. The Morgan fingerprint density at radius 3 is 2.10 bits per heavy atom. The van der Waals surface area contributed by atoms with E-state index < -0.39 is 6.08 Å². The van der Waals surface area contributed by atoms with Crippen LogP contribution in [0.1, 0.15) is 90.9 Å². The number of rotatable bonds is 8. The van der Waals surface area contributed by atoms with Crippen LogP contribution in [-0.4, -0.2) is 19.5 Å². The van der Waals surface area contributed by atoms with Gasteiger partial charge >= 0.3 is 0 Å². The quantitative estimate of drug-likeness (QED) is 0.409. The molecule has 1 saturated heterocycles. The molecule has 0 N–H and O–H groups in total. The molecule has 0 amide bonds. The van der Waals surface area contributed by atoms with Crippen LogP contribution >= 0.6 is 0 Å². The number of halogens is 2. The van der Waals surface area contributed by atoms with Crippen LogP contribution in [0.25, 0.3) is 0 Å². The van der Waals surface area contributed by atoms with Crippen LogP contribution in [0.5, 0.6) is 0 Å². The van der Waals surface area contributed by atoms with E-state index in [1.165, 1.54) is 64.2 Å². The summed E-state index contributed by atoms with van der Waals surface area (Å²) in [5.41, 5.74) is 0. The van der Waals surface area contributed by atoms with Gasteiger partial charge in [-0.25, -0.2) is 0 Å². The zero-order valence-corrected chi connectivity index (χ0v) is 18.6. The van der Waals surface area contributed by atoms with Gasteiger partial charge in [0.2, 0.25) is 0 Å². The van der Waals surface area contributed by atoms with Crippen molar-refractivity contribution in [1.82, 2.24) is 0 Å². The molecule has 0 spiro atoms. The number of hydrogen-bond donors (Lipinski definition) is 0. The lowest BCUT2D eigenvalue weighted by molar-refractivity contribution is -0.237. The van der Waals surface area contributed by atoms with E-state index in [1.54, 1.807) is 0 Å². The molecule has 1 atom stereocenters. The summed E-state index contributed by atoms with van der Waals surface area (Å²) in [6, 6.07) is 0. The van der Waals surface area contributed by atoms with E-state index in [0.29, 0.717) is 30.1 Å². The molecule has 168 valence electrons. The van der Waals surface area contributed by atoms with Crippen molar-refractivity contribution in [3.63, 3.8) is 0 Å². The zero-order chi connectivity index (χ0) is 20.6. The first-order chi connectivity index (χ1) is 14.1. The molecule has 0 aromatic carbocycles. The summed E-state index contributed by atoms with van der Waals surface area (Å²) >= 11 is 0. The van der Waals surface area contributed by atoms with Crippen molar-refractivity contribution in [3.05, 3.63) is 12.2 Å². The van der Waals surface area contributed by atoms with Crippen molar-refractivity contribution in [2.24, 2.45) is 35.5 Å². The van der Waals surface area contributed by atoms with Gasteiger partial charge in [0.1, 0.15) is 0 Å². The summed E-state index contributed by atoms with van der Waals surface area (Å²) < 4.78 is 36.8. The second kappa shape index (κ2) is 11.8. The predicted molar refractivity (Wildman–Crippen MR) is 114 cm³/mol. The first-order valence-corrected chi connectivity index (χ1v) is 12.3. The lowest BCUT2D eigenvalue weighted by atomic mass is 9.74. The summed E-state index contributed by atoms with van der Waals surface area (Å²) in [5, 5.41) is 0. The van der Waals surface area contributed by atoms with Gasteiger partial charge in [0.25, 0.3) is 6.08 Å². The average molecular weight is 413 g/mol. The molecular formula is C25H42F2O2. The van der Waals surface area contributed by atoms with E-state index in [9.17, 15) is 8.78 Å². The van der Waals surface area contributed by atoms with Gasteiger partial charge in [0.05, 0.1) is 13.2 Å². The first-order valence-electron chi connectivity index (χ1n) is 12.3. The lowest BCUT2D eigenvalue weighted by Gasteiger charge is -2.41. The molecule has 1 unspecified atom stereocenters. The molecule has 0 aromatic rings. The molecular weight excluding hydrogens is 370 g/mol. The van der Waals surface area contributed by atoms with Crippen molar-refractivity contribution >= 4 is 0 Å². The minimum absolute atomic E-state index is 0.0207. The molecule has 2 saturated carbocycles. The lowest BCUT2D eigenvalue weighted by Crippen LogP contribution is -2.41. The predicted octanol–water partition coefficient (Wildman–Crippen LogP) is 7.59. The van der Waals surface area contributed by atoms with Gasteiger partial charge in [-0.3, -0.25) is 0 Å². The van der Waals surface area contributed by atoms with Crippen LogP contribution in [0.3, 0.4) is 0 Å². The highest BCUT2D eigenvalue weighted by molar-refractivity contribution is 4.85. The molecule has 3 aliphatic rings. The van der Waals surface area contributed by atoms with Crippen LogP contribution in [-0.2, 0) is 9.47 Å². The van der Waals surface area contributed by atoms with Crippen molar-refractivity contribution in [1.29, 1.82) is 0 Å². The molecule has 4 heteroatoms. The Morgan fingerprint density at radius 2 is 1.52 bits per heavy atom. The topological polar surface area (TPSA) is 18.5 Å². The maximum absolute atomic E-state index is 12.2. The van der Waals surface area contributed by atoms with Crippen LogP contribution in [0, 0.1) is 35.5 Å². The van der Waals surface area contributed by atoms with Crippen molar-refractivity contribution in [2.45, 2.75) is 97.2 Å². The summed E-state index contributed by atoms with van der Waals surface area (Å²) in [5.74, 6) is 4.17. The molecule has 29 heavy (non-hydrogen) atoms. The van der Waals surface area contributed by atoms with E-state index in [0.717, 1.165) is 37.5 Å². The fourth-order valence-electron chi connectivity index (χ4n) is 6.13. The maximum Gasteiger partial charge on any atom is 0.266 e. The normalized spacial score (nSPS) is 37.1. The second-order valence-electron chi connectivity index (χ2n) is 10.1. The largest absolute Gasteiger partial charge is 0.352 e. The summed E-state index contributed by atoms with van der Waals surface area (Å²) in [4.78, 5) is 0. The van der Waals surface area contributed by atoms with Gasteiger partial charge in [0.15, 0.2) is 6.29 Å². The fourth-order valence-corrected chi connectivity index (χ4v) is 6.13. The monoisotopic (exact) mass is 412 g/mol. The van der Waals surface area contributed by atoms with Crippen molar-refractivity contribution in [3.8, 4) is 0 Å².